The van der Waals surface area contributed by atoms with Crippen LogP contribution in [0, 0.1) is 23.7 Å². The Bertz CT molecular complexity index is 1590. The summed E-state index contributed by atoms with van der Waals surface area (Å²) in [6.07, 6.45) is 7.31. The Morgan fingerprint density at radius 1 is 1.27 bits per heavy atom. The van der Waals surface area contributed by atoms with Crippen molar-refractivity contribution in [2.24, 2.45) is 12.5 Å². The van der Waals surface area contributed by atoms with Crippen LogP contribution in [-0.4, -0.2) is 66.9 Å². The van der Waals surface area contributed by atoms with E-state index >= 15 is 0 Å². The highest BCUT2D eigenvalue weighted by molar-refractivity contribution is 5.97. The third-order valence-electron chi connectivity index (χ3n) is 7.22. The van der Waals surface area contributed by atoms with E-state index in [1.807, 2.05) is 19.1 Å². The summed E-state index contributed by atoms with van der Waals surface area (Å²) in [7, 11) is 1.80. The predicted octanol–water partition coefficient (Wildman–Crippen LogP) is 2.95. The summed E-state index contributed by atoms with van der Waals surface area (Å²) < 4.78 is 7.65. The van der Waals surface area contributed by atoms with Crippen molar-refractivity contribution in [3.05, 3.63) is 54.5 Å². The maximum absolute atomic E-state index is 12.0. The summed E-state index contributed by atoms with van der Waals surface area (Å²) in [5.74, 6) is 0.969. The number of hydrogen-bond donors (Lipinski definition) is 1. The molecule has 1 amide bonds. The molecule has 3 aromatic heterocycles. The summed E-state index contributed by atoms with van der Waals surface area (Å²) in [6, 6.07) is 6.44. The smallest absolute Gasteiger partial charge is 0.324 e. The molecule has 1 N–H and O–H groups in total. The number of carbonyl (C=O) groups is 1. The molecule has 186 valence electrons. The number of aromatic nitrogens is 6. The number of fused-ring (bicyclic) bond motifs is 1. The zero-order chi connectivity index (χ0) is 25.7. The Balaban J connectivity index is 1.45. The Hall–Kier alpha value is -4.72. The minimum absolute atomic E-state index is 0.0264. The molecule has 0 aliphatic carbocycles. The molecule has 0 atom stereocenters. The van der Waals surface area contributed by atoms with Crippen molar-refractivity contribution in [3.63, 3.8) is 0 Å². The van der Waals surface area contributed by atoms with E-state index in [2.05, 4.69) is 32.8 Å². The van der Waals surface area contributed by atoms with Crippen LogP contribution in [0.1, 0.15) is 17.5 Å². The van der Waals surface area contributed by atoms with E-state index < -0.39 is 0 Å². The number of aromatic amines is 1. The fraction of sp³-hybridized carbons (Fsp3) is 0.308. The van der Waals surface area contributed by atoms with Gasteiger partial charge in [-0.1, -0.05) is 12.6 Å². The van der Waals surface area contributed by atoms with Gasteiger partial charge in [0.25, 0.3) is 0 Å². The lowest BCUT2D eigenvalue weighted by Gasteiger charge is -2.47. The molecule has 6 rings (SSSR count). The summed E-state index contributed by atoms with van der Waals surface area (Å²) >= 11 is 0. The van der Waals surface area contributed by atoms with Crippen LogP contribution in [0.25, 0.3) is 22.2 Å². The standard InChI is InChI=1S/C26H25N9O2/c1-4-21(36)35-14-26(15-35)7-8-34(13-26)24-18(9-27)23(22-16(2)5-6-20-19(22)11-28-32-20)30-25(31-24)37-17-10-29-33(3)12-17/h4-6,10-12H,1,7-8,13-15H2,2-3H3,(H,28,32). The second kappa shape index (κ2) is 8.44. The zero-order valence-electron chi connectivity index (χ0n) is 20.6. The lowest BCUT2D eigenvalue weighted by Crippen LogP contribution is -2.59. The third-order valence-corrected chi connectivity index (χ3v) is 7.22. The number of carbonyl (C=O) groups excluding carboxylic acids is 1. The van der Waals surface area contributed by atoms with Gasteiger partial charge in [-0.25, -0.2) is 0 Å². The summed E-state index contributed by atoms with van der Waals surface area (Å²) in [5, 5.41) is 22.6. The summed E-state index contributed by atoms with van der Waals surface area (Å²) in [5.41, 5.74) is 3.46. The number of nitrogens with one attached hydrogen (secondary N) is 1. The van der Waals surface area contributed by atoms with Gasteiger partial charge in [0, 0.05) is 49.6 Å². The van der Waals surface area contributed by atoms with Crippen LogP contribution in [0.5, 0.6) is 11.8 Å². The monoisotopic (exact) mass is 495 g/mol. The molecule has 2 aliphatic rings. The lowest BCUT2D eigenvalue weighted by molar-refractivity contribution is -0.136. The van der Waals surface area contributed by atoms with Crippen molar-refractivity contribution in [2.45, 2.75) is 13.3 Å². The van der Waals surface area contributed by atoms with Crippen LogP contribution in [0.2, 0.25) is 0 Å². The van der Waals surface area contributed by atoms with Gasteiger partial charge in [0.15, 0.2) is 11.6 Å². The van der Waals surface area contributed by atoms with Gasteiger partial charge in [-0.15, -0.1) is 0 Å². The SMILES string of the molecule is C=CC(=O)N1CC2(CCN(c3nc(Oc4cnn(C)c4)nc(-c4c(C)ccc5[nH]ncc45)c3C#N)C2)C1. The number of rotatable bonds is 5. The average molecular weight is 496 g/mol. The molecule has 0 saturated carbocycles. The van der Waals surface area contributed by atoms with Gasteiger partial charge in [0.05, 0.1) is 29.8 Å². The quantitative estimate of drug-likeness (QED) is 0.419. The zero-order valence-corrected chi connectivity index (χ0v) is 20.6. The molecule has 0 unspecified atom stereocenters. The Kier molecular flexibility index (Phi) is 5.19. The van der Waals surface area contributed by atoms with E-state index in [9.17, 15) is 10.1 Å². The van der Waals surface area contributed by atoms with Crippen LogP contribution >= 0.6 is 0 Å². The molecule has 4 aromatic rings. The number of benzene rings is 1. The number of nitriles is 1. The van der Waals surface area contributed by atoms with Crippen molar-refractivity contribution in [2.75, 3.05) is 31.1 Å². The van der Waals surface area contributed by atoms with Crippen LogP contribution in [0.15, 0.2) is 43.4 Å². The molecule has 2 saturated heterocycles. The first kappa shape index (κ1) is 22.7. The van der Waals surface area contributed by atoms with E-state index in [0.717, 1.165) is 28.5 Å². The second-order valence-corrected chi connectivity index (χ2v) is 9.78. The highest BCUT2D eigenvalue weighted by atomic mass is 16.5. The highest BCUT2D eigenvalue weighted by Gasteiger charge is 2.49. The van der Waals surface area contributed by atoms with Crippen molar-refractivity contribution in [1.29, 1.82) is 5.26 Å². The predicted molar refractivity (Wildman–Crippen MR) is 136 cm³/mol. The van der Waals surface area contributed by atoms with Crippen molar-refractivity contribution in [3.8, 4) is 29.1 Å². The minimum Gasteiger partial charge on any atom is -0.421 e. The fourth-order valence-electron chi connectivity index (χ4n) is 5.41. The first-order chi connectivity index (χ1) is 17.9. The normalized spacial score (nSPS) is 16.1. The van der Waals surface area contributed by atoms with E-state index in [1.165, 1.54) is 6.08 Å². The molecule has 37 heavy (non-hydrogen) atoms. The molecule has 0 bridgehead atoms. The lowest BCUT2D eigenvalue weighted by atomic mass is 9.79. The highest BCUT2D eigenvalue weighted by Crippen LogP contribution is 2.43. The number of amides is 1. The Morgan fingerprint density at radius 2 is 2.11 bits per heavy atom. The Morgan fingerprint density at radius 3 is 2.84 bits per heavy atom. The second-order valence-electron chi connectivity index (χ2n) is 9.78. The van der Waals surface area contributed by atoms with Crippen molar-refractivity contribution in [1.82, 2.24) is 34.8 Å². The van der Waals surface area contributed by atoms with Crippen LogP contribution < -0.4 is 9.64 Å². The molecule has 11 heteroatoms. The number of ether oxygens (including phenoxy) is 1. The number of H-pyrrole nitrogens is 1. The van der Waals surface area contributed by atoms with Gasteiger partial charge in [-0.05, 0) is 31.1 Å². The summed E-state index contributed by atoms with van der Waals surface area (Å²) in [4.78, 5) is 25.4. The average Bonchev–Trinajstić information content (AvgIpc) is 3.62. The van der Waals surface area contributed by atoms with Crippen LogP contribution in [0.4, 0.5) is 5.82 Å². The number of nitrogens with zero attached hydrogens (tertiary/aromatic N) is 8. The maximum atomic E-state index is 12.0. The molecule has 2 aliphatic heterocycles. The van der Waals surface area contributed by atoms with Crippen molar-refractivity contribution < 1.29 is 9.53 Å². The van der Waals surface area contributed by atoms with Gasteiger partial charge in [0.2, 0.25) is 5.91 Å². The van der Waals surface area contributed by atoms with Gasteiger partial charge in [-0.3, -0.25) is 14.6 Å². The van der Waals surface area contributed by atoms with Gasteiger partial charge < -0.3 is 14.5 Å². The number of aryl methyl sites for hydroxylation is 2. The number of likely N-dealkylation sites (tertiary alicyclic amines) is 1. The fourth-order valence-corrected chi connectivity index (χ4v) is 5.41. The third kappa shape index (κ3) is 3.78. The van der Waals surface area contributed by atoms with Gasteiger partial charge in [-0.2, -0.15) is 25.4 Å². The molecule has 5 heterocycles. The van der Waals surface area contributed by atoms with Crippen LogP contribution in [0.3, 0.4) is 0 Å². The first-order valence-corrected chi connectivity index (χ1v) is 12.0. The van der Waals surface area contributed by atoms with Gasteiger partial charge >= 0.3 is 6.01 Å². The van der Waals surface area contributed by atoms with Crippen molar-refractivity contribution >= 4 is 22.6 Å². The molecule has 1 spiro atoms. The Labute approximate surface area is 213 Å². The molecular weight excluding hydrogens is 470 g/mol. The molecular formula is C26H25N9O2. The molecule has 2 fully saturated rings. The first-order valence-electron chi connectivity index (χ1n) is 12.0. The van der Waals surface area contributed by atoms with Gasteiger partial charge in [0.1, 0.15) is 11.6 Å². The van der Waals surface area contributed by atoms with E-state index in [-0.39, 0.29) is 17.3 Å². The maximum Gasteiger partial charge on any atom is 0.324 e. The number of hydrogen-bond acceptors (Lipinski definition) is 8. The topological polar surface area (TPSA) is 129 Å². The van der Waals surface area contributed by atoms with Crippen LogP contribution in [-0.2, 0) is 11.8 Å². The number of anilines is 1. The summed E-state index contributed by atoms with van der Waals surface area (Å²) in [6.45, 7) is 8.30. The van der Waals surface area contributed by atoms with E-state index in [4.69, 9.17) is 14.7 Å². The largest absolute Gasteiger partial charge is 0.421 e. The van der Waals surface area contributed by atoms with E-state index in [1.54, 1.807) is 35.2 Å². The minimum atomic E-state index is -0.0538. The molecule has 1 aromatic carbocycles. The molecule has 0 radical (unpaired) electrons. The molecule has 11 nitrogen and oxygen atoms in total. The van der Waals surface area contributed by atoms with E-state index in [0.29, 0.717) is 49.0 Å².